The minimum atomic E-state index is -0.611. The van der Waals surface area contributed by atoms with Gasteiger partial charge in [0, 0.05) is 12.8 Å². The Bertz CT molecular complexity index is 173. The van der Waals surface area contributed by atoms with Gasteiger partial charge in [0.15, 0.2) is 0 Å². The topological polar surface area (TPSA) is 36.8 Å². The van der Waals surface area contributed by atoms with E-state index in [-0.39, 0.29) is 0 Å². The molecule has 0 bridgehead atoms. The van der Waals surface area contributed by atoms with Crippen molar-refractivity contribution in [1.82, 2.24) is 0 Å². The zero-order chi connectivity index (χ0) is 9.73. The number of aliphatic hydroxyl groups is 1. The van der Waals surface area contributed by atoms with E-state index in [1.54, 1.807) is 12.2 Å². The zero-order valence-electron chi connectivity index (χ0n) is 8.21. The quantitative estimate of drug-likeness (QED) is 0.600. The highest BCUT2D eigenvalue weighted by Crippen LogP contribution is 2.23. The summed E-state index contributed by atoms with van der Waals surface area (Å²) in [5.41, 5.74) is -0.611. The van der Waals surface area contributed by atoms with E-state index in [0.717, 1.165) is 13.0 Å². The first-order valence-electron chi connectivity index (χ1n) is 5.00. The van der Waals surface area contributed by atoms with E-state index in [9.17, 15) is 5.11 Å². The average molecular weight is 182 g/mol. The van der Waals surface area contributed by atoms with Crippen molar-refractivity contribution in [3.05, 3.63) is 25.3 Å². The molecule has 0 saturated carbocycles. The molecule has 1 aliphatic heterocycles. The van der Waals surface area contributed by atoms with Gasteiger partial charge in [0.2, 0.25) is 0 Å². The first-order valence-corrected chi connectivity index (χ1v) is 5.00. The van der Waals surface area contributed by atoms with Gasteiger partial charge in [-0.2, -0.15) is 0 Å². The number of hydrogen-bond donors (Lipinski definition) is 2. The van der Waals surface area contributed by atoms with Crippen LogP contribution in [0.1, 0.15) is 25.7 Å². The lowest BCUT2D eigenvalue weighted by Crippen LogP contribution is -2.91. The largest absolute Gasteiger partial charge is 0.383 e. The monoisotopic (exact) mass is 182 g/mol. The molecular weight excluding hydrogens is 162 g/mol. The average Bonchev–Trinajstić information content (AvgIpc) is 2.57. The van der Waals surface area contributed by atoms with E-state index < -0.39 is 5.60 Å². The summed E-state index contributed by atoms with van der Waals surface area (Å²) in [7, 11) is 0. The normalized spacial score (nSPS) is 23.0. The molecule has 2 nitrogen and oxygen atoms in total. The smallest absolute Gasteiger partial charge is 0.123 e. The molecule has 0 spiro atoms. The molecule has 0 aliphatic carbocycles. The van der Waals surface area contributed by atoms with Crippen LogP contribution in [0.15, 0.2) is 25.3 Å². The van der Waals surface area contributed by atoms with Crippen molar-refractivity contribution in [2.45, 2.75) is 37.3 Å². The molecule has 1 fully saturated rings. The summed E-state index contributed by atoms with van der Waals surface area (Å²) in [5.74, 6) is 0. The van der Waals surface area contributed by atoms with Gasteiger partial charge in [0.1, 0.15) is 11.6 Å². The molecule has 1 aliphatic rings. The molecular formula is C11H20NO+. The summed E-state index contributed by atoms with van der Waals surface area (Å²) in [5, 5.41) is 12.6. The predicted molar refractivity (Wildman–Crippen MR) is 54.4 cm³/mol. The third kappa shape index (κ3) is 2.42. The van der Waals surface area contributed by atoms with Crippen LogP contribution >= 0.6 is 0 Å². The summed E-state index contributed by atoms with van der Waals surface area (Å²) >= 11 is 0. The Morgan fingerprint density at radius 3 is 2.38 bits per heavy atom. The van der Waals surface area contributed by atoms with E-state index in [1.807, 2.05) is 0 Å². The Labute approximate surface area is 80.3 Å². The van der Waals surface area contributed by atoms with Crippen molar-refractivity contribution in [2.75, 3.05) is 6.54 Å². The van der Waals surface area contributed by atoms with Crippen LogP contribution in [-0.4, -0.2) is 23.3 Å². The molecule has 1 heterocycles. The standard InChI is InChI=1S/C11H19NO/c1-3-7-11(13,8-4-2)10-6-5-9-12-10/h3-4,10,12-13H,1-2,5-9H2/p+1/t10-/m0/s1. The van der Waals surface area contributed by atoms with Gasteiger partial charge in [0.05, 0.1) is 6.54 Å². The fraction of sp³-hybridized carbons (Fsp3) is 0.636. The van der Waals surface area contributed by atoms with Crippen molar-refractivity contribution < 1.29 is 10.4 Å². The molecule has 1 rings (SSSR count). The van der Waals surface area contributed by atoms with Crippen molar-refractivity contribution in [2.24, 2.45) is 0 Å². The van der Waals surface area contributed by atoms with Gasteiger partial charge >= 0.3 is 0 Å². The van der Waals surface area contributed by atoms with Crippen molar-refractivity contribution >= 4 is 0 Å². The maximum Gasteiger partial charge on any atom is 0.123 e. The third-order valence-corrected chi connectivity index (χ3v) is 2.86. The van der Waals surface area contributed by atoms with Crippen molar-refractivity contribution in [3.8, 4) is 0 Å². The fourth-order valence-corrected chi connectivity index (χ4v) is 2.15. The molecule has 1 atom stereocenters. The summed E-state index contributed by atoms with van der Waals surface area (Å²) in [4.78, 5) is 0. The lowest BCUT2D eigenvalue weighted by Gasteiger charge is -2.29. The van der Waals surface area contributed by atoms with Crippen LogP contribution < -0.4 is 5.32 Å². The molecule has 0 radical (unpaired) electrons. The SMILES string of the molecule is C=CCC(O)(CC=C)[C@@H]1CCC[NH2+]1. The van der Waals surface area contributed by atoms with E-state index in [1.165, 1.54) is 6.42 Å². The van der Waals surface area contributed by atoms with Crippen molar-refractivity contribution in [1.29, 1.82) is 0 Å². The lowest BCUT2D eigenvalue weighted by molar-refractivity contribution is -0.684. The van der Waals surface area contributed by atoms with Gasteiger partial charge in [0.25, 0.3) is 0 Å². The van der Waals surface area contributed by atoms with Gasteiger partial charge in [-0.05, 0) is 12.8 Å². The number of hydrogen-bond acceptors (Lipinski definition) is 1. The highest BCUT2D eigenvalue weighted by atomic mass is 16.3. The summed E-state index contributed by atoms with van der Waals surface area (Å²) in [6, 6.07) is 0.337. The zero-order valence-corrected chi connectivity index (χ0v) is 8.21. The molecule has 0 aromatic carbocycles. The minimum absolute atomic E-state index is 0.337. The van der Waals surface area contributed by atoms with Crippen LogP contribution in [0.25, 0.3) is 0 Å². The van der Waals surface area contributed by atoms with Gasteiger partial charge in [-0.25, -0.2) is 0 Å². The molecule has 1 saturated heterocycles. The summed E-state index contributed by atoms with van der Waals surface area (Å²) in [6.45, 7) is 8.52. The molecule has 2 heteroatoms. The van der Waals surface area contributed by atoms with E-state index >= 15 is 0 Å². The van der Waals surface area contributed by atoms with Gasteiger partial charge < -0.3 is 10.4 Å². The number of nitrogens with two attached hydrogens (primary N) is 1. The third-order valence-electron chi connectivity index (χ3n) is 2.86. The molecule has 3 N–H and O–H groups in total. The van der Waals surface area contributed by atoms with Crippen LogP contribution in [0.5, 0.6) is 0 Å². The summed E-state index contributed by atoms with van der Waals surface area (Å²) < 4.78 is 0. The second kappa shape index (κ2) is 4.58. The highest BCUT2D eigenvalue weighted by molar-refractivity contribution is 4.97. The molecule has 0 aromatic heterocycles. The Kier molecular flexibility index (Phi) is 3.70. The van der Waals surface area contributed by atoms with Crippen LogP contribution in [0, 0.1) is 0 Å². The van der Waals surface area contributed by atoms with Crippen LogP contribution in [0.2, 0.25) is 0 Å². The van der Waals surface area contributed by atoms with Crippen LogP contribution in [0.4, 0.5) is 0 Å². The molecule has 0 amide bonds. The Hall–Kier alpha value is -0.600. The number of quaternary nitrogens is 1. The second-order valence-electron chi connectivity index (χ2n) is 3.86. The summed E-state index contributed by atoms with van der Waals surface area (Å²) in [6.07, 6.45) is 7.26. The second-order valence-corrected chi connectivity index (χ2v) is 3.86. The van der Waals surface area contributed by atoms with Crippen LogP contribution in [0.3, 0.4) is 0 Å². The van der Waals surface area contributed by atoms with E-state index in [4.69, 9.17) is 0 Å². The fourth-order valence-electron chi connectivity index (χ4n) is 2.15. The van der Waals surface area contributed by atoms with Crippen LogP contribution in [-0.2, 0) is 0 Å². The minimum Gasteiger partial charge on any atom is -0.383 e. The van der Waals surface area contributed by atoms with E-state index in [0.29, 0.717) is 18.9 Å². The van der Waals surface area contributed by atoms with Crippen molar-refractivity contribution in [3.63, 3.8) is 0 Å². The first kappa shape index (κ1) is 10.5. The number of rotatable bonds is 5. The maximum absolute atomic E-state index is 10.3. The van der Waals surface area contributed by atoms with Gasteiger partial charge in [-0.1, -0.05) is 12.2 Å². The Balaban J connectivity index is 2.62. The molecule has 13 heavy (non-hydrogen) atoms. The predicted octanol–water partition coefficient (Wildman–Crippen LogP) is 0.596. The van der Waals surface area contributed by atoms with Gasteiger partial charge in [-0.3, -0.25) is 0 Å². The molecule has 0 unspecified atom stereocenters. The lowest BCUT2D eigenvalue weighted by atomic mass is 9.86. The maximum atomic E-state index is 10.3. The molecule has 0 aromatic rings. The Morgan fingerprint density at radius 2 is 2.00 bits per heavy atom. The highest BCUT2D eigenvalue weighted by Gasteiger charge is 2.39. The molecule has 74 valence electrons. The first-order chi connectivity index (χ1) is 6.23. The Morgan fingerprint density at radius 1 is 1.38 bits per heavy atom. The van der Waals surface area contributed by atoms with Gasteiger partial charge in [-0.15, -0.1) is 13.2 Å². The van der Waals surface area contributed by atoms with E-state index in [2.05, 4.69) is 18.5 Å².